The van der Waals surface area contributed by atoms with E-state index >= 15 is 0 Å². The maximum atomic E-state index is 13.5. The van der Waals surface area contributed by atoms with Gasteiger partial charge in [-0.25, -0.2) is 23.5 Å². The number of halogens is 2. The Morgan fingerprint density at radius 3 is 2.59 bits per heavy atom. The summed E-state index contributed by atoms with van der Waals surface area (Å²) in [6, 6.07) is 4.84. The van der Waals surface area contributed by atoms with Crippen LogP contribution in [0.25, 0.3) is 6.08 Å². The molecule has 22 heavy (non-hydrogen) atoms. The van der Waals surface area contributed by atoms with Crippen molar-refractivity contribution in [1.29, 1.82) is 0 Å². The van der Waals surface area contributed by atoms with Crippen molar-refractivity contribution in [2.75, 3.05) is 0 Å². The smallest absolute Gasteiger partial charge is 0.371 e. The van der Waals surface area contributed by atoms with E-state index in [4.69, 9.17) is 10.2 Å². The van der Waals surface area contributed by atoms with Crippen LogP contribution in [-0.2, 0) is 17.6 Å². The zero-order valence-electron chi connectivity index (χ0n) is 11.3. The summed E-state index contributed by atoms with van der Waals surface area (Å²) in [6.07, 6.45) is 2.88. The second-order valence-electron chi connectivity index (χ2n) is 4.50. The number of aliphatic hydroxyl groups is 1. The standard InChI is InChI=1S/C15H12F2N2O3/c16-10-3-1-9(13(17)5-10)2-4-11-6-12(19-8-18-11)7-14(20)15(21)22/h1,3,5-8,20H,2,4H2,(H,21,22)/b14-7-. The first-order valence-corrected chi connectivity index (χ1v) is 6.34. The maximum Gasteiger partial charge on any atom is 0.371 e. The van der Waals surface area contributed by atoms with Crippen LogP contribution in [0.3, 0.4) is 0 Å². The third-order valence-electron chi connectivity index (χ3n) is 2.91. The van der Waals surface area contributed by atoms with Crippen molar-refractivity contribution in [3.8, 4) is 0 Å². The molecular weight excluding hydrogens is 294 g/mol. The molecule has 1 aromatic heterocycles. The van der Waals surface area contributed by atoms with Gasteiger partial charge in [0.15, 0.2) is 0 Å². The van der Waals surface area contributed by atoms with Crippen LogP contribution in [0.4, 0.5) is 8.78 Å². The zero-order valence-corrected chi connectivity index (χ0v) is 11.3. The Balaban J connectivity index is 2.10. The topological polar surface area (TPSA) is 83.3 Å². The SMILES string of the molecule is O=C(O)/C(O)=C/c1cc(CCc2ccc(F)cc2F)ncn1. The lowest BCUT2D eigenvalue weighted by atomic mass is 10.1. The van der Waals surface area contributed by atoms with Crippen molar-refractivity contribution in [3.05, 3.63) is 64.9 Å². The first-order valence-electron chi connectivity index (χ1n) is 6.34. The van der Waals surface area contributed by atoms with E-state index in [1.165, 1.54) is 24.5 Å². The van der Waals surface area contributed by atoms with Gasteiger partial charge in [-0.05, 0) is 30.5 Å². The van der Waals surface area contributed by atoms with E-state index < -0.39 is 23.4 Å². The predicted molar refractivity (Wildman–Crippen MR) is 74.0 cm³/mol. The molecule has 0 bridgehead atoms. The Kier molecular flexibility index (Phi) is 4.77. The fraction of sp³-hybridized carbons (Fsp3) is 0.133. The lowest BCUT2D eigenvalue weighted by Gasteiger charge is -2.04. The molecule has 0 aliphatic rings. The van der Waals surface area contributed by atoms with Crippen LogP contribution in [0.2, 0.25) is 0 Å². The first kappa shape index (κ1) is 15.6. The number of carbonyl (C=O) groups is 1. The fourth-order valence-corrected chi connectivity index (χ4v) is 1.82. The Bertz CT molecular complexity index is 732. The summed E-state index contributed by atoms with van der Waals surface area (Å²) in [7, 11) is 0. The molecule has 2 rings (SSSR count). The molecule has 2 aromatic rings. The molecule has 0 saturated heterocycles. The predicted octanol–water partition coefficient (Wildman–Crippen LogP) is 2.52. The number of rotatable bonds is 5. The van der Waals surface area contributed by atoms with E-state index in [2.05, 4.69) is 9.97 Å². The number of hydrogen-bond acceptors (Lipinski definition) is 4. The molecule has 0 aliphatic heterocycles. The summed E-state index contributed by atoms with van der Waals surface area (Å²) in [6.45, 7) is 0. The molecule has 5 nitrogen and oxygen atoms in total. The highest BCUT2D eigenvalue weighted by Crippen LogP contribution is 2.13. The second-order valence-corrected chi connectivity index (χ2v) is 4.50. The van der Waals surface area contributed by atoms with Gasteiger partial charge < -0.3 is 10.2 Å². The normalized spacial score (nSPS) is 11.5. The van der Waals surface area contributed by atoms with Crippen LogP contribution in [0.15, 0.2) is 36.4 Å². The minimum Gasteiger partial charge on any atom is -0.502 e. The van der Waals surface area contributed by atoms with Crippen LogP contribution < -0.4 is 0 Å². The number of benzene rings is 1. The average molecular weight is 306 g/mol. The Hall–Kier alpha value is -2.83. The van der Waals surface area contributed by atoms with Crippen molar-refractivity contribution in [2.45, 2.75) is 12.8 Å². The van der Waals surface area contributed by atoms with E-state index in [0.717, 1.165) is 12.1 Å². The first-order chi connectivity index (χ1) is 10.5. The molecule has 0 aliphatic carbocycles. The van der Waals surface area contributed by atoms with Gasteiger partial charge in [0.25, 0.3) is 0 Å². The van der Waals surface area contributed by atoms with Crippen LogP contribution in [0.1, 0.15) is 17.0 Å². The van der Waals surface area contributed by atoms with Crippen molar-refractivity contribution in [2.24, 2.45) is 0 Å². The molecule has 7 heteroatoms. The van der Waals surface area contributed by atoms with Gasteiger partial charge in [-0.15, -0.1) is 0 Å². The number of aliphatic hydroxyl groups excluding tert-OH is 1. The zero-order chi connectivity index (χ0) is 16.1. The quantitative estimate of drug-likeness (QED) is 0.655. The minimum absolute atomic E-state index is 0.226. The van der Waals surface area contributed by atoms with E-state index in [1.54, 1.807) is 0 Å². The maximum absolute atomic E-state index is 13.5. The summed E-state index contributed by atoms with van der Waals surface area (Å²) in [5, 5.41) is 17.7. The van der Waals surface area contributed by atoms with Gasteiger partial charge in [0, 0.05) is 17.8 Å². The average Bonchev–Trinajstić information content (AvgIpc) is 2.46. The van der Waals surface area contributed by atoms with E-state index in [1.807, 2.05) is 0 Å². The number of hydrogen-bond donors (Lipinski definition) is 2. The molecule has 0 amide bonds. The third kappa shape index (κ3) is 4.08. The third-order valence-corrected chi connectivity index (χ3v) is 2.91. The van der Waals surface area contributed by atoms with Crippen LogP contribution in [0, 0.1) is 11.6 Å². The lowest BCUT2D eigenvalue weighted by molar-refractivity contribution is -0.135. The Labute approximate surface area is 124 Å². The van der Waals surface area contributed by atoms with Crippen molar-refractivity contribution in [1.82, 2.24) is 9.97 Å². The molecule has 0 unspecified atom stereocenters. The molecular formula is C15H12F2N2O3. The summed E-state index contributed by atoms with van der Waals surface area (Å²) in [5.74, 6) is -3.57. The monoisotopic (exact) mass is 306 g/mol. The van der Waals surface area contributed by atoms with Gasteiger partial charge in [0.05, 0.1) is 5.69 Å². The number of carboxylic acids is 1. The minimum atomic E-state index is -1.46. The Morgan fingerprint density at radius 2 is 1.91 bits per heavy atom. The molecule has 0 atom stereocenters. The van der Waals surface area contributed by atoms with Crippen LogP contribution >= 0.6 is 0 Å². The van der Waals surface area contributed by atoms with Gasteiger partial charge in [-0.2, -0.15) is 0 Å². The van der Waals surface area contributed by atoms with Gasteiger partial charge in [0.2, 0.25) is 5.76 Å². The molecule has 0 radical (unpaired) electrons. The number of nitrogens with zero attached hydrogens (tertiary/aromatic N) is 2. The molecule has 114 valence electrons. The van der Waals surface area contributed by atoms with E-state index in [9.17, 15) is 13.6 Å². The molecule has 0 fully saturated rings. The largest absolute Gasteiger partial charge is 0.502 e. The molecule has 0 spiro atoms. The fourth-order valence-electron chi connectivity index (χ4n) is 1.82. The number of aryl methyl sites for hydroxylation is 2. The Morgan fingerprint density at radius 1 is 1.14 bits per heavy atom. The van der Waals surface area contributed by atoms with Crippen molar-refractivity contribution in [3.63, 3.8) is 0 Å². The molecule has 2 N–H and O–H groups in total. The van der Waals surface area contributed by atoms with E-state index in [-0.39, 0.29) is 5.69 Å². The van der Waals surface area contributed by atoms with Gasteiger partial charge in [0.1, 0.15) is 18.0 Å². The second kappa shape index (κ2) is 6.75. The highest BCUT2D eigenvalue weighted by Gasteiger charge is 2.07. The molecule has 1 heterocycles. The summed E-state index contributed by atoms with van der Waals surface area (Å²) >= 11 is 0. The molecule has 0 saturated carbocycles. The van der Waals surface area contributed by atoms with Gasteiger partial charge >= 0.3 is 5.97 Å². The number of aliphatic carboxylic acids is 1. The molecule has 1 aromatic carbocycles. The van der Waals surface area contributed by atoms with Gasteiger partial charge in [-0.3, -0.25) is 0 Å². The highest BCUT2D eigenvalue weighted by atomic mass is 19.1. The number of aromatic nitrogens is 2. The summed E-state index contributed by atoms with van der Waals surface area (Å²) < 4.78 is 26.3. The van der Waals surface area contributed by atoms with Crippen molar-refractivity contribution < 1.29 is 23.8 Å². The highest BCUT2D eigenvalue weighted by molar-refractivity contribution is 5.88. The van der Waals surface area contributed by atoms with Gasteiger partial charge in [-0.1, -0.05) is 6.07 Å². The lowest BCUT2D eigenvalue weighted by Crippen LogP contribution is -2.01. The summed E-state index contributed by atoms with van der Waals surface area (Å²) in [5.41, 5.74) is 1.12. The number of carboxylic acid groups (broad SMARTS) is 1. The summed E-state index contributed by atoms with van der Waals surface area (Å²) in [4.78, 5) is 18.3. The van der Waals surface area contributed by atoms with Crippen LogP contribution in [-0.4, -0.2) is 26.2 Å². The van der Waals surface area contributed by atoms with Crippen LogP contribution in [0.5, 0.6) is 0 Å². The van der Waals surface area contributed by atoms with Crippen molar-refractivity contribution >= 4 is 12.0 Å². The van der Waals surface area contributed by atoms with E-state index in [0.29, 0.717) is 24.1 Å².